The van der Waals surface area contributed by atoms with Crippen molar-refractivity contribution in [3.05, 3.63) is 0 Å². The Hall–Kier alpha value is -0.590. The number of nitrogens with one attached hydrogen (secondary N) is 1. The molecule has 1 unspecified atom stereocenters. The van der Waals surface area contributed by atoms with Crippen LogP contribution in [-0.2, 0) is 4.74 Å². The maximum Gasteiger partial charge on any atom is 0.156 e. The lowest BCUT2D eigenvalue weighted by molar-refractivity contribution is 0.102. The molecule has 3 nitrogen and oxygen atoms in total. The van der Waals surface area contributed by atoms with E-state index >= 15 is 0 Å². The molecule has 0 spiro atoms. The number of rotatable bonds is 0. The first-order chi connectivity index (χ1) is 5.14. The molecule has 1 N–H and O–H groups in total. The van der Waals surface area contributed by atoms with Gasteiger partial charge in [0.2, 0.25) is 0 Å². The van der Waals surface area contributed by atoms with Crippen molar-refractivity contribution in [1.82, 2.24) is 5.32 Å². The second kappa shape index (κ2) is 3.21. The molecule has 1 rings (SSSR count). The number of nitrogens with zero attached hydrogens (tertiary/aromatic N) is 1. The van der Waals surface area contributed by atoms with Crippen LogP contribution in [-0.4, -0.2) is 24.8 Å². The lowest BCUT2D eigenvalue weighted by atomic mass is 10.0. The second-order valence-electron chi connectivity index (χ2n) is 3.50. The maximum atomic E-state index is 8.57. The van der Waals surface area contributed by atoms with E-state index < -0.39 is 0 Å². The molecule has 0 saturated carbocycles. The minimum Gasteiger partial charge on any atom is -0.362 e. The summed E-state index contributed by atoms with van der Waals surface area (Å²) in [5, 5.41) is 11.8. The van der Waals surface area contributed by atoms with Gasteiger partial charge in [0.1, 0.15) is 0 Å². The van der Waals surface area contributed by atoms with Crippen LogP contribution in [0.15, 0.2) is 0 Å². The lowest BCUT2D eigenvalue weighted by Gasteiger charge is -2.22. The van der Waals surface area contributed by atoms with Gasteiger partial charge >= 0.3 is 0 Å². The van der Waals surface area contributed by atoms with Crippen LogP contribution in [0.1, 0.15) is 20.3 Å². The molecule has 1 heterocycles. The van der Waals surface area contributed by atoms with Crippen LogP contribution < -0.4 is 5.32 Å². The summed E-state index contributed by atoms with van der Waals surface area (Å²) in [4.78, 5) is 0. The van der Waals surface area contributed by atoms with E-state index in [1.165, 1.54) is 0 Å². The summed E-state index contributed by atoms with van der Waals surface area (Å²) in [5.41, 5.74) is 0.117. The fourth-order valence-electron chi connectivity index (χ4n) is 1.06. The molecule has 0 aromatic heterocycles. The SMILES string of the molecule is CC1(C)CCOC(C#N)CN1. The molecule has 0 amide bonds. The summed E-state index contributed by atoms with van der Waals surface area (Å²) in [6.07, 6.45) is 0.697. The molecule has 0 aromatic rings. The van der Waals surface area contributed by atoms with E-state index in [-0.39, 0.29) is 11.6 Å². The van der Waals surface area contributed by atoms with Gasteiger partial charge in [0.25, 0.3) is 0 Å². The normalized spacial score (nSPS) is 30.5. The zero-order chi connectivity index (χ0) is 8.32. The van der Waals surface area contributed by atoms with Gasteiger partial charge in [0.05, 0.1) is 12.7 Å². The van der Waals surface area contributed by atoms with Gasteiger partial charge in [-0.1, -0.05) is 0 Å². The average molecular weight is 154 g/mol. The Kier molecular flexibility index (Phi) is 2.48. The van der Waals surface area contributed by atoms with Crippen molar-refractivity contribution in [2.75, 3.05) is 13.2 Å². The number of hydrogen-bond acceptors (Lipinski definition) is 3. The van der Waals surface area contributed by atoms with Gasteiger partial charge in [0.15, 0.2) is 6.10 Å². The first-order valence-electron chi connectivity index (χ1n) is 3.90. The summed E-state index contributed by atoms with van der Waals surface area (Å²) in [6.45, 7) is 5.56. The topological polar surface area (TPSA) is 45.0 Å². The van der Waals surface area contributed by atoms with E-state index in [0.29, 0.717) is 13.2 Å². The molecule has 1 saturated heterocycles. The average Bonchev–Trinajstić information content (AvgIpc) is 2.10. The first kappa shape index (κ1) is 8.51. The molecule has 0 aromatic carbocycles. The minimum absolute atomic E-state index is 0.117. The molecule has 11 heavy (non-hydrogen) atoms. The van der Waals surface area contributed by atoms with E-state index in [1.54, 1.807) is 0 Å². The Morgan fingerprint density at radius 2 is 2.36 bits per heavy atom. The Balaban J connectivity index is 2.47. The Labute approximate surface area is 67.3 Å². The zero-order valence-corrected chi connectivity index (χ0v) is 7.05. The van der Waals surface area contributed by atoms with Gasteiger partial charge in [0, 0.05) is 12.1 Å². The van der Waals surface area contributed by atoms with Crippen molar-refractivity contribution in [2.24, 2.45) is 0 Å². The van der Waals surface area contributed by atoms with Crippen LogP contribution in [0.4, 0.5) is 0 Å². The summed E-state index contributed by atoms with van der Waals surface area (Å²) in [7, 11) is 0. The molecule has 3 heteroatoms. The minimum atomic E-state index is -0.267. The number of hydrogen-bond donors (Lipinski definition) is 1. The molecule has 62 valence electrons. The van der Waals surface area contributed by atoms with Crippen molar-refractivity contribution in [2.45, 2.75) is 31.9 Å². The largest absolute Gasteiger partial charge is 0.362 e. The van der Waals surface area contributed by atoms with Crippen molar-refractivity contribution in [1.29, 1.82) is 5.26 Å². The second-order valence-corrected chi connectivity index (χ2v) is 3.50. The number of ether oxygens (including phenoxy) is 1. The molecular weight excluding hydrogens is 140 g/mol. The van der Waals surface area contributed by atoms with Crippen LogP contribution in [0.3, 0.4) is 0 Å². The van der Waals surface area contributed by atoms with Crippen LogP contribution in [0.25, 0.3) is 0 Å². The molecular formula is C8H14N2O. The predicted molar refractivity (Wildman–Crippen MR) is 42.1 cm³/mol. The smallest absolute Gasteiger partial charge is 0.156 e. The summed E-state index contributed by atoms with van der Waals surface area (Å²) >= 11 is 0. The number of nitriles is 1. The predicted octanol–water partition coefficient (Wildman–Crippen LogP) is 0.667. The van der Waals surface area contributed by atoms with Crippen LogP contribution >= 0.6 is 0 Å². The monoisotopic (exact) mass is 154 g/mol. The highest BCUT2D eigenvalue weighted by Crippen LogP contribution is 2.12. The fourth-order valence-corrected chi connectivity index (χ4v) is 1.06. The fraction of sp³-hybridized carbons (Fsp3) is 0.875. The van der Waals surface area contributed by atoms with Crippen molar-refractivity contribution in [3.63, 3.8) is 0 Å². The van der Waals surface area contributed by atoms with Crippen molar-refractivity contribution < 1.29 is 4.74 Å². The van der Waals surface area contributed by atoms with Gasteiger partial charge in [-0.2, -0.15) is 5.26 Å². The molecule has 0 radical (unpaired) electrons. The Morgan fingerprint density at radius 1 is 1.64 bits per heavy atom. The molecule has 1 aliphatic heterocycles. The van der Waals surface area contributed by atoms with E-state index in [4.69, 9.17) is 10.00 Å². The third-order valence-electron chi connectivity index (χ3n) is 1.96. The summed E-state index contributed by atoms with van der Waals surface area (Å²) in [6, 6.07) is 2.10. The summed E-state index contributed by atoms with van der Waals surface area (Å²) in [5.74, 6) is 0. The first-order valence-corrected chi connectivity index (χ1v) is 3.90. The molecule has 0 bridgehead atoms. The highest BCUT2D eigenvalue weighted by Gasteiger charge is 2.23. The molecule has 1 aliphatic rings. The maximum absolute atomic E-state index is 8.57. The third-order valence-corrected chi connectivity index (χ3v) is 1.96. The Morgan fingerprint density at radius 3 is 3.00 bits per heavy atom. The van der Waals surface area contributed by atoms with Gasteiger partial charge in [-0.3, -0.25) is 0 Å². The van der Waals surface area contributed by atoms with Gasteiger partial charge in [-0.05, 0) is 20.3 Å². The molecule has 1 atom stereocenters. The summed E-state index contributed by atoms with van der Waals surface area (Å²) < 4.78 is 5.26. The highest BCUT2D eigenvalue weighted by molar-refractivity contribution is 4.91. The standard InChI is InChI=1S/C8H14N2O/c1-8(2)3-4-11-7(5-9)6-10-8/h7,10H,3-4,6H2,1-2H3. The Bertz CT molecular complexity index is 171. The van der Waals surface area contributed by atoms with Crippen LogP contribution in [0, 0.1) is 11.3 Å². The van der Waals surface area contributed by atoms with Gasteiger partial charge in [-0.25, -0.2) is 0 Å². The van der Waals surface area contributed by atoms with Crippen molar-refractivity contribution >= 4 is 0 Å². The van der Waals surface area contributed by atoms with Crippen LogP contribution in [0.2, 0.25) is 0 Å². The zero-order valence-electron chi connectivity index (χ0n) is 7.05. The van der Waals surface area contributed by atoms with Crippen molar-refractivity contribution in [3.8, 4) is 6.07 Å². The van der Waals surface area contributed by atoms with E-state index in [1.807, 2.05) is 0 Å². The van der Waals surface area contributed by atoms with E-state index in [0.717, 1.165) is 6.42 Å². The highest BCUT2D eigenvalue weighted by atomic mass is 16.5. The van der Waals surface area contributed by atoms with E-state index in [9.17, 15) is 0 Å². The third kappa shape index (κ3) is 2.49. The van der Waals surface area contributed by atoms with E-state index in [2.05, 4.69) is 25.2 Å². The molecule has 1 fully saturated rings. The molecule has 0 aliphatic carbocycles. The van der Waals surface area contributed by atoms with Gasteiger partial charge in [-0.15, -0.1) is 0 Å². The van der Waals surface area contributed by atoms with Gasteiger partial charge < -0.3 is 10.1 Å². The lowest BCUT2D eigenvalue weighted by Crippen LogP contribution is -2.40. The van der Waals surface area contributed by atoms with Crippen LogP contribution in [0.5, 0.6) is 0 Å². The quantitative estimate of drug-likeness (QED) is 0.557.